The molecule has 2 N–H and O–H groups in total. The maximum Gasteiger partial charge on any atom is 0.339 e. The Kier molecular flexibility index (Phi) is 9.24. The molecule has 1 saturated heterocycles. The number of nitrogens with one attached hydrogen (secondary N) is 1. The lowest BCUT2D eigenvalue weighted by atomic mass is 10.0. The van der Waals surface area contributed by atoms with Gasteiger partial charge in [-0.05, 0) is 62.4 Å². The molecular formula is C24H32N2O4S. The molecule has 0 radical (unpaired) electrons. The van der Waals surface area contributed by atoms with Gasteiger partial charge in [-0.25, -0.2) is 4.79 Å². The van der Waals surface area contributed by atoms with Gasteiger partial charge in [0.1, 0.15) is 11.3 Å². The fourth-order valence-corrected chi connectivity index (χ4v) is 3.96. The van der Waals surface area contributed by atoms with Crippen molar-refractivity contribution in [1.82, 2.24) is 5.32 Å². The van der Waals surface area contributed by atoms with Crippen molar-refractivity contribution in [2.24, 2.45) is 0 Å². The average Bonchev–Trinajstić information content (AvgIpc) is 2.74. The Balaban J connectivity index is 0.00000341. The van der Waals surface area contributed by atoms with Crippen molar-refractivity contribution < 1.29 is 19.4 Å². The summed E-state index contributed by atoms with van der Waals surface area (Å²) in [7, 11) is 0. The zero-order chi connectivity index (χ0) is 21.5. The minimum absolute atomic E-state index is 0. The van der Waals surface area contributed by atoms with E-state index in [1.807, 2.05) is 19.1 Å². The molecule has 2 aromatic rings. The molecule has 1 aliphatic heterocycles. The number of ether oxygens (including phenoxy) is 1. The van der Waals surface area contributed by atoms with Crippen molar-refractivity contribution in [3.63, 3.8) is 0 Å². The van der Waals surface area contributed by atoms with Crippen LogP contribution in [0, 0.1) is 0 Å². The maximum absolute atomic E-state index is 12.7. The van der Waals surface area contributed by atoms with E-state index in [9.17, 15) is 14.7 Å². The van der Waals surface area contributed by atoms with Crippen molar-refractivity contribution in [3.05, 3.63) is 59.2 Å². The van der Waals surface area contributed by atoms with Crippen LogP contribution in [0.2, 0.25) is 0 Å². The molecule has 7 heteroatoms. The Morgan fingerprint density at radius 1 is 1.13 bits per heavy atom. The first-order valence-electron chi connectivity index (χ1n) is 10.6. The highest BCUT2D eigenvalue weighted by Gasteiger charge is 2.19. The molecule has 1 atom stereocenters. The largest absolute Gasteiger partial charge is 0.493 e. The number of aromatic carboxylic acids is 1. The summed E-state index contributed by atoms with van der Waals surface area (Å²) < 4.78 is 5.44. The Hall–Kier alpha value is -2.67. The van der Waals surface area contributed by atoms with Gasteiger partial charge in [-0.1, -0.05) is 24.3 Å². The fraction of sp³-hybridized carbons (Fsp3) is 0.417. The summed E-state index contributed by atoms with van der Waals surface area (Å²) in [5.41, 5.74) is 3.13. The Bertz CT molecular complexity index is 897. The van der Waals surface area contributed by atoms with E-state index in [0.717, 1.165) is 24.2 Å². The second-order valence-corrected chi connectivity index (χ2v) is 7.64. The predicted molar refractivity (Wildman–Crippen MR) is 128 cm³/mol. The normalized spacial score (nSPS) is 14.3. The van der Waals surface area contributed by atoms with Crippen molar-refractivity contribution in [2.75, 3.05) is 24.6 Å². The third-order valence-electron chi connectivity index (χ3n) is 5.42. The molecule has 0 saturated carbocycles. The van der Waals surface area contributed by atoms with Crippen molar-refractivity contribution in [1.29, 1.82) is 0 Å². The lowest BCUT2D eigenvalue weighted by Gasteiger charge is -2.32. The SMILES string of the molecule is CCOc1cc(CC(=O)N[C@@H](C)c2ccccc2N2CCCCC2)ccc1C(=O)O.S. The standard InChI is InChI=1S/C24H30N2O4.H2S/c1-3-30-22-15-18(11-12-20(22)24(28)29)16-23(27)25-17(2)19-9-5-6-10-21(19)26-13-7-4-8-14-26;/h5-6,9-12,15,17H,3-4,7-8,13-14,16H2,1-2H3,(H,25,27)(H,28,29);1H2/t17-;/m0./s1. The molecule has 0 unspecified atom stereocenters. The molecular weight excluding hydrogens is 412 g/mol. The van der Waals surface area contributed by atoms with Crippen molar-refractivity contribution >= 4 is 31.1 Å². The van der Waals surface area contributed by atoms with Gasteiger partial charge in [-0.15, -0.1) is 0 Å². The molecule has 0 aromatic heterocycles. The molecule has 1 amide bonds. The number of carboxylic acids is 1. The highest BCUT2D eigenvalue weighted by molar-refractivity contribution is 7.59. The minimum atomic E-state index is -1.04. The van der Waals surface area contributed by atoms with E-state index >= 15 is 0 Å². The number of carbonyl (C=O) groups excluding carboxylic acids is 1. The molecule has 3 rings (SSSR count). The summed E-state index contributed by atoms with van der Waals surface area (Å²) in [6, 6.07) is 12.9. The smallest absolute Gasteiger partial charge is 0.339 e. The number of anilines is 1. The van der Waals surface area contributed by atoms with Crippen LogP contribution in [0.3, 0.4) is 0 Å². The zero-order valence-corrected chi connectivity index (χ0v) is 19.2. The van der Waals surface area contributed by atoms with Gasteiger partial charge < -0.3 is 20.1 Å². The van der Waals surface area contributed by atoms with Crippen LogP contribution in [0.4, 0.5) is 5.69 Å². The summed E-state index contributed by atoms with van der Waals surface area (Å²) in [4.78, 5) is 26.4. The Labute approximate surface area is 191 Å². The topological polar surface area (TPSA) is 78.9 Å². The number of para-hydroxylation sites is 1. The third kappa shape index (κ3) is 6.40. The van der Waals surface area contributed by atoms with Gasteiger partial charge in [-0.3, -0.25) is 4.79 Å². The first kappa shape index (κ1) is 24.6. The monoisotopic (exact) mass is 444 g/mol. The zero-order valence-electron chi connectivity index (χ0n) is 18.2. The van der Waals surface area contributed by atoms with Crippen LogP contribution in [0.1, 0.15) is 60.6 Å². The third-order valence-corrected chi connectivity index (χ3v) is 5.42. The number of hydrogen-bond donors (Lipinski definition) is 2. The van der Waals surface area contributed by atoms with Gasteiger partial charge in [-0.2, -0.15) is 13.5 Å². The van der Waals surface area contributed by atoms with E-state index in [4.69, 9.17) is 4.74 Å². The lowest BCUT2D eigenvalue weighted by molar-refractivity contribution is -0.121. The molecule has 2 aromatic carbocycles. The second kappa shape index (κ2) is 11.6. The number of nitrogens with zero attached hydrogens (tertiary/aromatic N) is 1. The minimum Gasteiger partial charge on any atom is -0.493 e. The molecule has 31 heavy (non-hydrogen) atoms. The van der Waals surface area contributed by atoms with Crippen LogP contribution in [-0.4, -0.2) is 36.7 Å². The molecule has 1 aliphatic rings. The van der Waals surface area contributed by atoms with Crippen LogP contribution >= 0.6 is 13.5 Å². The number of rotatable bonds is 8. The van der Waals surface area contributed by atoms with Crippen LogP contribution in [0.15, 0.2) is 42.5 Å². The lowest BCUT2D eigenvalue weighted by Crippen LogP contribution is -2.33. The summed E-state index contributed by atoms with van der Waals surface area (Å²) in [6.45, 7) is 6.26. The van der Waals surface area contributed by atoms with E-state index in [1.54, 1.807) is 19.1 Å². The van der Waals surface area contributed by atoms with Crippen LogP contribution in [-0.2, 0) is 11.2 Å². The summed E-state index contributed by atoms with van der Waals surface area (Å²) in [5.74, 6) is -0.863. The Morgan fingerprint density at radius 3 is 2.52 bits per heavy atom. The van der Waals surface area contributed by atoms with Gasteiger partial charge >= 0.3 is 5.97 Å². The first-order chi connectivity index (χ1) is 14.5. The highest BCUT2D eigenvalue weighted by Crippen LogP contribution is 2.29. The first-order valence-corrected chi connectivity index (χ1v) is 10.6. The molecule has 1 fully saturated rings. The molecule has 0 aliphatic carbocycles. The van der Waals surface area contributed by atoms with Crippen LogP contribution in [0.25, 0.3) is 0 Å². The van der Waals surface area contributed by atoms with Gasteiger partial charge in [0, 0.05) is 18.8 Å². The van der Waals surface area contributed by atoms with E-state index in [2.05, 4.69) is 22.3 Å². The number of hydrogen-bond acceptors (Lipinski definition) is 4. The van der Waals surface area contributed by atoms with E-state index in [0.29, 0.717) is 12.4 Å². The summed E-state index contributed by atoms with van der Waals surface area (Å²) >= 11 is 0. The van der Waals surface area contributed by atoms with Crippen LogP contribution < -0.4 is 15.0 Å². The molecule has 6 nitrogen and oxygen atoms in total. The highest BCUT2D eigenvalue weighted by atomic mass is 32.1. The van der Waals surface area contributed by atoms with E-state index in [1.165, 1.54) is 31.0 Å². The second-order valence-electron chi connectivity index (χ2n) is 7.64. The van der Waals surface area contributed by atoms with Gasteiger partial charge in [0.25, 0.3) is 0 Å². The molecule has 0 bridgehead atoms. The average molecular weight is 445 g/mol. The Morgan fingerprint density at radius 2 is 1.84 bits per heavy atom. The van der Waals surface area contributed by atoms with Crippen LogP contribution in [0.5, 0.6) is 5.75 Å². The number of amides is 1. The summed E-state index contributed by atoms with van der Waals surface area (Å²) in [5, 5.41) is 12.4. The number of piperidine rings is 1. The van der Waals surface area contributed by atoms with Crippen molar-refractivity contribution in [2.45, 2.75) is 45.6 Å². The quantitative estimate of drug-likeness (QED) is 0.634. The van der Waals surface area contributed by atoms with E-state index < -0.39 is 5.97 Å². The molecule has 1 heterocycles. The number of benzene rings is 2. The molecule has 0 spiro atoms. The predicted octanol–water partition coefficient (Wildman–Crippen LogP) is 4.31. The van der Waals surface area contributed by atoms with Gasteiger partial charge in [0.2, 0.25) is 5.91 Å². The number of carbonyl (C=O) groups is 2. The van der Waals surface area contributed by atoms with Crippen molar-refractivity contribution in [3.8, 4) is 5.75 Å². The molecule has 168 valence electrons. The summed E-state index contributed by atoms with van der Waals surface area (Å²) in [6.07, 6.45) is 3.83. The van der Waals surface area contributed by atoms with E-state index in [-0.39, 0.29) is 37.4 Å². The van der Waals surface area contributed by atoms with Gasteiger partial charge in [0.15, 0.2) is 0 Å². The maximum atomic E-state index is 12.7. The fourth-order valence-electron chi connectivity index (χ4n) is 3.96. The van der Waals surface area contributed by atoms with Gasteiger partial charge in [0.05, 0.1) is 19.1 Å². The number of carboxylic acid groups (broad SMARTS) is 1.